The molecule has 0 atom stereocenters. The van der Waals surface area contributed by atoms with Crippen LogP contribution in [0.25, 0.3) is 10.9 Å². The molecular formula is C13H16N2O3. The maximum Gasteiger partial charge on any atom is 0.340 e. The van der Waals surface area contributed by atoms with Crippen LogP contribution in [-0.4, -0.2) is 21.8 Å². The van der Waals surface area contributed by atoms with E-state index in [0.29, 0.717) is 16.8 Å². The van der Waals surface area contributed by atoms with Crippen molar-refractivity contribution in [3.05, 3.63) is 30.0 Å². The summed E-state index contributed by atoms with van der Waals surface area (Å²) in [7, 11) is 0. The minimum Gasteiger partial charge on any atom is -0.456 e. The molecule has 0 bridgehead atoms. The Labute approximate surface area is 105 Å². The fourth-order valence-electron chi connectivity index (χ4n) is 1.75. The third kappa shape index (κ3) is 2.31. The molecule has 0 saturated carbocycles. The van der Waals surface area contributed by atoms with Gasteiger partial charge in [-0.2, -0.15) is 0 Å². The van der Waals surface area contributed by atoms with E-state index in [2.05, 4.69) is 10.5 Å². The van der Waals surface area contributed by atoms with Crippen LogP contribution in [0.3, 0.4) is 0 Å². The van der Waals surface area contributed by atoms with Crippen LogP contribution in [-0.2, 0) is 4.74 Å². The van der Waals surface area contributed by atoms with Crippen molar-refractivity contribution in [1.29, 1.82) is 0 Å². The van der Waals surface area contributed by atoms with Crippen LogP contribution in [0.4, 0.5) is 5.69 Å². The lowest BCUT2D eigenvalue weighted by Gasteiger charge is -2.19. The van der Waals surface area contributed by atoms with Crippen LogP contribution < -0.4 is 5.48 Å². The first kappa shape index (κ1) is 12.4. The summed E-state index contributed by atoms with van der Waals surface area (Å²) in [5.74, 6) is -0.389. The number of esters is 1. The summed E-state index contributed by atoms with van der Waals surface area (Å²) in [6.07, 6.45) is 1.60. The second-order valence-electron chi connectivity index (χ2n) is 5.04. The van der Waals surface area contributed by atoms with E-state index in [1.54, 1.807) is 24.4 Å². The zero-order chi connectivity index (χ0) is 13.3. The van der Waals surface area contributed by atoms with Gasteiger partial charge in [0, 0.05) is 11.6 Å². The molecule has 0 fully saturated rings. The van der Waals surface area contributed by atoms with Crippen LogP contribution in [0, 0.1) is 0 Å². The van der Waals surface area contributed by atoms with Crippen molar-refractivity contribution in [2.24, 2.45) is 0 Å². The second-order valence-corrected chi connectivity index (χ2v) is 5.04. The summed E-state index contributed by atoms with van der Waals surface area (Å²) in [5.41, 5.74) is 3.16. The highest BCUT2D eigenvalue weighted by molar-refractivity contribution is 6.06. The van der Waals surface area contributed by atoms with Gasteiger partial charge >= 0.3 is 5.97 Å². The molecule has 0 radical (unpaired) electrons. The molecule has 1 heterocycles. The van der Waals surface area contributed by atoms with E-state index < -0.39 is 5.60 Å². The fraction of sp³-hybridized carbons (Fsp3) is 0.308. The number of aromatic amines is 1. The first-order valence-corrected chi connectivity index (χ1v) is 5.66. The van der Waals surface area contributed by atoms with E-state index in [-0.39, 0.29) is 5.97 Å². The summed E-state index contributed by atoms with van der Waals surface area (Å²) < 4.78 is 5.33. The number of carbonyl (C=O) groups excluding carboxylic acids is 1. The number of ether oxygens (including phenoxy) is 1. The Morgan fingerprint density at radius 3 is 2.72 bits per heavy atom. The molecule has 3 N–H and O–H groups in total. The number of para-hydroxylation sites is 1. The zero-order valence-corrected chi connectivity index (χ0v) is 10.6. The summed E-state index contributed by atoms with van der Waals surface area (Å²) in [5, 5.41) is 9.69. The van der Waals surface area contributed by atoms with Gasteiger partial charge < -0.3 is 9.72 Å². The van der Waals surface area contributed by atoms with Gasteiger partial charge in [-0.3, -0.25) is 10.7 Å². The predicted molar refractivity (Wildman–Crippen MR) is 68.9 cm³/mol. The summed E-state index contributed by atoms with van der Waals surface area (Å²) in [4.78, 5) is 15.0. The smallest absolute Gasteiger partial charge is 0.340 e. The lowest BCUT2D eigenvalue weighted by atomic mass is 10.1. The maximum absolute atomic E-state index is 12.0. The first-order valence-electron chi connectivity index (χ1n) is 5.66. The van der Waals surface area contributed by atoms with Gasteiger partial charge in [0.15, 0.2) is 0 Å². The monoisotopic (exact) mass is 248 g/mol. The van der Waals surface area contributed by atoms with E-state index in [0.717, 1.165) is 5.39 Å². The molecule has 0 spiro atoms. The molecule has 0 aliphatic carbocycles. The van der Waals surface area contributed by atoms with E-state index in [9.17, 15) is 4.79 Å². The Kier molecular flexibility index (Phi) is 3.00. The van der Waals surface area contributed by atoms with Crippen LogP contribution in [0.1, 0.15) is 31.1 Å². The zero-order valence-electron chi connectivity index (χ0n) is 10.6. The van der Waals surface area contributed by atoms with Crippen molar-refractivity contribution in [2.45, 2.75) is 26.4 Å². The van der Waals surface area contributed by atoms with Gasteiger partial charge in [-0.05, 0) is 26.8 Å². The molecule has 0 amide bonds. The molecule has 96 valence electrons. The lowest BCUT2D eigenvalue weighted by Crippen LogP contribution is -2.24. The molecule has 0 aliphatic heterocycles. The number of hydrogen-bond donors (Lipinski definition) is 3. The lowest BCUT2D eigenvalue weighted by molar-refractivity contribution is 0.00717. The predicted octanol–water partition coefficient (Wildman–Crippen LogP) is 2.92. The van der Waals surface area contributed by atoms with Crippen LogP contribution in [0.15, 0.2) is 24.4 Å². The minimum atomic E-state index is -0.538. The molecule has 5 heteroatoms. The Hall–Kier alpha value is -2.01. The number of aromatic nitrogens is 1. The van der Waals surface area contributed by atoms with Crippen molar-refractivity contribution in [3.63, 3.8) is 0 Å². The van der Waals surface area contributed by atoms with Crippen molar-refractivity contribution in [3.8, 4) is 0 Å². The number of fused-ring (bicyclic) bond motifs is 1. The van der Waals surface area contributed by atoms with Crippen molar-refractivity contribution in [1.82, 2.24) is 4.98 Å². The Morgan fingerprint density at radius 2 is 2.11 bits per heavy atom. The van der Waals surface area contributed by atoms with E-state index in [4.69, 9.17) is 9.94 Å². The number of H-pyrrole nitrogens is 1. The number of nitrogens with one attached hydrogen (secondary N) is 2. The van der Waals surface area contributed by atoms with E-state index >= 15 is 0 Å². The van der Waals surface area contributed by atoms with Gasteiger partial charge in [-0.1, -0.05) is 12.1 Å². The highest BCUT2D eigenvalue weighted by Crippen LogP contribution is 2.26. The standard InChI is InChI=1S/C13H16N2O3/c1-13(2,3)18-12(16)9-6-4-5-8-10(15-17)7-14-11(8)9/h4-7,14-15,17H,1-3H3. The van der Waals surface area contributed by atoms with Gasteiger partial charge in [-0.15, -0.1) is 0 Å². The van der Waals surface area contributed by atoms with Crippen LogP contribution in [0.2, 0.25) is 0 Å². The second kappa shape index (κ2) is 4.34. The average molecular weight is 248 g/mol. The molecule has 5 nitrogen and oxygen atoms in total. The molecule has 2 aromatic rings. The first-order chi connectivity index (χ1) is 8.42. The average Bonchev–Trinajstić information content (AvgIpc) is 2.69. The largest absolute Gasteiger partial charge is 0.456 e. The highest BCUT2D eigenvalue weighted by Gasteiger charge is 2.20. The third-order valence-corrected chi connectivity index (χ3v) is 2.45. The summed E-state index contributed by atoms with van der Waals surface area (Å²) >= 11 is 0. The van der Waals surface area contributed by atoms with Gasteiger partial charge in [0.2, 0.25) is 0 Å². The Balaban J connectivity index is 2.45. The SMILES string of the molecule is CC(C)(C)OC(=O)c1cccc2c(NO)c[nH]c12. The van der Waals surface area contributed by atoms with Gasteiger partial charge in [0.25, 0.3) is 0 Å². The highest BCUT2D eigenvalue weighted by atomic mass is 16.6. The van der Waals surface area contributed by atoms with E-state index in [1.807, 2.05) is 20.8 Å². The molecule has 1 aromatic heterocycles. The van der Waals surface area contributed by atoms with Crippen molar-refractivity contribution < 1.29 is 14.7 Å². The van der Waals surface area contributed by atoms with Crippen LogP contribution in [0.5, 0.6) is 0 Å². The van der Waals surface area contributed by atoms with Crippen LogP contribution >= 0.6 is 0 Å². The van der Waals surface area contributed by atoms with Crippen molar-refractivity contribution >= 4 is 22.6 Å². The van der Waals surface area contributed by atoms with E-state index in [1.165, 1.54) is 0 Å². The number of rotatable bonds is 2. The maximum atomic E-state index is 12.0. The number of carbonyl (C=O) groups is 1. The molecule has 0 saturated heterocycles. The Morgan fingerprint density at radius 1 is 1.39 bits per heavy atom. The van der Waals surface area contributed by atoms with Gasteiger partial charge in [0.1, 0.15) is 5.60 Å². The van der Waals surface area contributed by atoms with Gasteiger partial charge in [0.05, 0.1) is 16.8 Å². The Bertz CT molecular complexity index is 581. The normalized spacial score (nSPS) is 11.6. The molecule has 0 unspecified atom stereocenters. The molecular weight excluding hydrogens is 232 g/mol. The molecule has 1 aromatic carbocycles. The third-order valence-electron chi connectivity index (χ3n) is 2.45. The fourth-order valence-corrected chi connectivity index (χ4v) is 1.75. The topological polar surface area (TPSA) is 74.3 Å². The summed E-state index contributed by atoms with van der Waals surface area (Å²) in [6, 6.07) is 5.24. The number of hydrogen-bond acceptors (Lipinski definition) is 4. The minimum absolute atomic E-state index is 0.389. The number of benzene rings is 1. The molecule has 18 heavy (non-hydrogen) atoms. The van der Waals surface area contributed by atoms with Gasteiger partial charge in [-0.25, -0.2) is 4.79 Å². The molecule has 0 aliphatic rings. The quantitative estimate of drug-likeness (QED) is 0.564. The molecule has 2 rings (SSSR count). The summed E-state index contributed by atoms with van der Waals surface area (Å²) in [6.45, 7) is 5.46. The number of anilines is 1. The van der Waals surface area contributed by atoms with Crippen molar-refractivity contribution in [2.75, 3.05) is 5.48 Å².